The van der Waals surface area contributed by atoms with Gasteiger partial charge in [-0.15, -0.1) is 11.3 Å². The number of carbonyl (C=O) groups excluding carboxylic acids is 1. The van der Waals surface area contributed by atoms with Gasteiger partial charge >= 0.3 is 0 Å². The Labute approximate surface area is 165 Å². The van der Waals surface area contributed by atoms with Gasteiger partial charge in [0.05, 0.1) is 17.2 Å². The average molecular weight is 385 g/mol. The summed E-state index contributed by atoms with van der Waals surface area (Å²) in [6.45, 7) is 8.19. The fourth-order valence-corrected chi connectivity index (χ4v) is 5.29. The molecule has 2 heterocycles. The Morgan fingerprint density at radius 2 is 2.00 bits per heavy atom. The summed E-state index contributed by atoms with van der Waals surface area (Å²) < 4.78 is 5.77. The standard InChI is InChI=1S/C22H28N2O2S/c1-3-26-19-7-5-4-6-18(19)23-10-12-24(13-11-23)22(25)21-15-17-14-16(2)8-9-20(17)27-21/h4-7,15-16H,3,8-14H2,1-2H3. The molecule has 4 rings (SSSR count). The van der Waals surface area contributed by atoms with E-state index in [0.29, 0.717) is 6.61 Å². The third-order valence-corrected chi connectivity index (χ3v) is 6.84. The monoisotopic (exact) mass is 384 g/mol. The molecule has 0 N–H and O–H groups in total. The number of ether oxygens (including phenoxy) is 1. The van der Waals surface area contributed by atoms with E-state index in [1.165, 1.54) is 16.9 Å². The Bertz CT molecular complexity index is 808. The van der Waals surface area contributed by atoms with Crippen LogP contribution in [0.15, 0.2) is 30.3 Å². The number of rotatable bonds is 4. The zero-order valence-electron chi connectivity index (χ0n) is 16.2. The van der Waals surface area contributed by atoms with Crippen molar-refractivity contribution in [1.82, 2.24) is 4.90 Å². The van der Waals surface area contributed by atoms with E-state index in [0.717, 1.165) is 61.3 Å². The molecule has 1 unspecified atom stereocenters. The number of amides is 1. The van der Waals surface area contributed by atoms with Gasteiger partial charge in [0, 0.05) is 31.1 Å². The lowest BCUT2D eigenvalue weighted by molar-refractivity contribution is 0.0751. The van der Waals surface area contributed by atoms with Gasteiger partial charge in [0.25, 0.3) is 5.91 Å². The number of anilines is 1. The van der Waals surface area contributed by atoms with E-state index in [9.17, 15) is 4.79 Å². The van der Waals surface area contributed by atoms with E-state index in [1.54, 1.807) is 11.3 Å². The molecule has 0 saturated carbocycles. The molecule has 2 aliphatic rings. The second-order valence-corrected chi connectivity index (χ2v) is 8.72. The van der Waals surface area contributed by atoms with Crippen LogP contribution in [0.3, 0.4) is 0 Å². The lowest BCUT2D eigenvalue weighted by Crippen LogP contribution is -2.48. The number of hydrogen-bond donors (Lipinski definition) is 0. The van der Waals surface area contributed by atoms with E-state index in [-0.39, 0.29) is 5.91 Å². The van der Waals surface area contributed by atoms with Crippen LogP contribution in [0.1, 0.15) is 40.4 Å². The quantitative estimate of drug-likeness (QED) is 0.791. The third-order valence-electron chi connectivity index (χ3n) is 5.61. The maximum atomic E-state index is 13.0. The molecule has 1 aromatic carbocycles. The molecule has 144 valence electrons. The maximum absolute atomic E-state index is 13.0. The van der Waals surface area contributed by atoms with Crippen LogP contribution < -0.4 is 9.64 Å². The lowest BCUT2D eigenvalue weighted by atomic mass is 9.90. The van der Waals surface area contributed by atoms with Crippen molar-refractivity contribution in [2.45, 2.75) is 33.1 Å². The summed E-state index contributed by atoms with van der Waals surface area (Å²) in [6, 6.07) is 10.3. The molecule has 1 saturated heterocycles. The highest BCUT2D eigenvalue weighted by Crippen LogP contribution is 2.33. The van der Waals surface area contributed by atoms with Crippen LogP contribution >= 0.6 is 11.3 Å². The molecule has 27 heavy (non-hydrogen) atoms. The summed E-state index contributed by atoms with van der Waals surface area (Å²) in [5, 5.41) is 0. The number of para-hydroxylation sites is 2. The van der Waals surface area contributed by atoms with Gasteiger partial charge in [0.1, 0.15) is 5.75 Å². The first-order valence-corrected chi connectivity index (χ1v) is 10.8. The first-order chi connectivity index (χ1) is 13.2. The van der Waals surface area contributed by atoms with Crippen molar-refractivity contribution in [2.75, 3.05) is 37.7 Å². The van der Waals surface area contributed by atoms with Crippen LogP contribution in [-0.4, -0.2) is 43.6 Å². The number of aryl methyl sites for hydroxylation is 1. The Balaban J connectivity index is 1.42. The first kappa shape index (κ1) is 18.4. The van der Waals surface area contributed by atoms with Gasteiger partial charge < -0.3 is 14.5 Å². The van der Waals surface area contributed by atoms with Crippen molar-refractivity contribution in [3.05, 3.63) is 45.6 Å². The molecule has 1 fully saturated rings. The minimum Gasteiger partial charge on any atom is -0.492 e. The second kappa shape index (κ2) is 7.93. The normalized spacial score (nSPS) is 19.7. The molecule has 0 spiro atoms. The van der Waals surface area contributed by atoms with Gasteiger partial charge in [0.2, 0.25) is 0 Å². The zero-order chi connectivity index (χ0) is 18.8. The van der Waals surface area contributed by atoms with Crippen LogP contribution in [0.2, 0.25) is 0 Å². The predicted octanol–water partition coefficient (Wildman–Crippen LogP) is 4.23. The molecule has 5 heteroatoms. The van der Waals surface area contributed by atoms with E-state index in [4.69, 9.17) is 4.74 Å². The molecule has 0 radical (unpaired) electrons. The smallest absolute Gasteiger partial charge is 0.264 e. The summed E-state index contributed by atoms with van der Waals surface area (Å²) in [5.41, 5.74) is 2.54. The van der Waals surface area contributed by atoms with Crippen LogP contribution in [0.4, 0.5) is 5.69 Å². The second-order valence-electron chi connectivity index (χ2n) is 7.59. The van der Waals surface area contributed by atoms with Crippen LogP contribution in [0.25, 0.3) is 0 Å². The third kappa shape index (κ3) is 3.84. The van der Waals surface area contributed by atoms with Crippen molar-refractivity contribution in [3.63, 3.8) is 0 Å². The summed E-state index contributed by atoms with van der Waals surface area (Å²) in [7, 11) is 0. The minimum absolute atomic E-state index is 0.208. The molecule has 1 aliphatic carbocycles. The largest absolute Gasteiger partial charge is 0.492 e. The van der Waals surface area contributed by atoms with Gasteiger partial charge in [-0.05, 0) is 55.9 Å². The summed E-state index contributed by atoms with van der Waals surface area (Å²) in [5.74, 6) is 1.88. The average Bonchev–Trinajstić information content (AvgIpc) is 3.11. The van der Waals surface area contributed by atoms with Gasteiger partial charge in [0.15, 0.2) is 0 Å². The number of carbonyl (C=O) groups is 1. The summed E-state index contributed by atoms with van der Waals surface area (Å²) >= 11 is 1.72. The van der Waals surface area contributed by atoms with Gasteiger partial charge in [-0.1, -0.05) is 19.1 Å². The Hall–Kier alpha value is -2.01. The van der Waals surface area contributed by atoms with Crippen molar-refractivity contribution in [1.29, 1.82) is 0 Å². The molecule has 0 bridgehead atoms. The van der Waals surface area contributed by atoms with Crippen molar-refractivity contribution < 1.29 is 9.53 Å². The van der Waals surface area contributed by atoms with E-state index in [1.807, 2.05) is 30.0 Å². The lowest BCUT2D eigenvalue weighted by Gasteiger charge is -2.36. The molecule has 2 aromatic rings. The SMILES string of the molecule is CCOc1ccccc1N1CCN(C(=O)c2cc3c(s2)CCC(C)C3)CC1. The van der Waals surface area contributed by atoms with Crippen LogP contribution in [0.5, 0.6) is 5.75 Å². The number of nitrogens with zero attached hydrogens (tertiary/aromatic N) is 2. The number of benzene rings is 1. The van der Waals surface area contributed by atoms with Gasteiger partial charge in [-0.25, -0.2) is 0 Å². The summed E-state index contributed by atoms with van der Waals surface area (Å²) in [6.07, 6.45) is 3.51. The Kier molecular flexibility index (Phi) is 5.39. The molecular weight excluding hydrogens is 356 g/mol. The highest BCUT2D eigenvalue weighted by molar-refractivity contribution is 7.14. The fraction of sp³-hybridized carbons (Fsp3) is 0.500. The van der Waals surface area contributed by atoms with Gasteiger partial charge in [-0.2, -0.15) is 0 Å². The number of thiophene rings is 1. The molecule has 1 aliphatic heterocycles. The van der Waals surface area contributed by atoms with Crippen molar-refractivity contribution in [2.24, 2.45) is 5.92 Å². The predicted molar refractivity (Wildman–Crippen MR) is 111 cm³/mol. The Morgan fingerprint density at radius 1 is 1.22 bits per heavy atom. The first-order valence-electron chi connectivity index (χ1n) is 10.0. The highest BCUT2D eigenvalue weighted by Gasteiger charge is 2.27. The van der Waals surface area contributed by atoms with E-state index < -0.39 is 0 Å². The topological polar surface area (TPSA) is 32.8 Å². The van der Waals surface area contributed by atoms with E-state index >= 15 is 0 Å². The molecular formula is C22H28N2O2S. The number of hydrogen-bond acceptors (Lipinski definition) is 4. The van der Waals surface area contributed by atoms with Gasteiger partial charge in [-0.3, -0.25) is 4.79 Å². The number of piperazine rings is 1. The molecule has 4 nitrogen and oxygen atoms in total. The van der Waals surface area contributed by atoms with Crippen LogP contribution in [0, 0.1) is 5.92 Å². The van der Waals surface area contributed by atoms with Crippen molar-refractivity contribution >= 4 is 22.9 Å². The number of fused-ring (bicyclic) bond motifs is 1. The fourth-order valence-electron chi connectivity index (χ4n) is 4.11. The van der Waals surface area contributed by atoms with Crippen LogP contribution in [-0.2, 0) is 12.8 Å². The summed E-state index contributed by atoms with van der Waals surface area (Å²) in [4.78, 5) is 19.7. The van der Waals surface area contributed by atoms with E-state index in [2.05, 4.69) is 24.0 Å². The molecule has 1 amide bonds. The van der Waals surface area contributed by atoms with Crippen molar-refractivity contribution in [3.8, 4) is 5.75 Å². The Morgan fingerprint density at radius 3 is 2.78 bits per heavy atom. The molecule has 1 atom stereocenters. The molecule has 1 aromatic heterocycles. The maximum Gasteiger partial charge on any atom is 0.264 e. The highest BCUT2D eigenvalue weighted by atomic mass is 32.1. The zero-order valence-corrected chi connectivity index (χ0v) is 17.1. The minimum atomic E-state index is 0.208.